The number of aryl methyl sites for hydroxylation is 1. The number of imidazole rings is 1. The van der Waals surface area contributed by atoms with E-state index in [0.717, 1.165) is 38.3 Å². The topological polar surface area (TPSA) is 106 Å². The molecule has 3 rings (SSSR count). The first-order chi connectivity index (χ1) is 13.5. The van der Waals surface area contributed by atoms with E-state index < -0.39 is 12.1 Å². The molecule has 0 aromatic carbocycles. The summed E-state index contributed by atoms with van der Waals surface area (Å²) in [4.78, 5) is 26.9. The fraction of sp³-hybridized carbons (Fsp3) is 0.706. The van der Waals surface area contributed by atoms with Gasteiger partial charge in [-0.25, -0.2) is 9.78 Å². The maximum absolute atomic E-state index is 11.2. The van der Waals surface area contributed by atoms with Crippen molar-refractivity contribution in [2.75, 3.05) is 33.4 Å². The molecule has 2 N–H and O–H groups in total. The van der Waals surface area contributed by atoms with E-state index in [4.69, 9.17) is 19.4 Å². The molecule has 1 amide bonds. The third-order valence-electron chi connectivity index (χ3n) is 4.83. The van der Waals surface area contributed by atoms with E-state index in [1.54, 1.807) is 7.05 Å². The van der Waals surface area contributed by atoms with Crippen LogP contribution in [0.5, 0.6) is 0 Å². The van der Waals surface area contributed by atoms with Crippen LogP contribution in [0, 0.1) is 0 Å². The van der Waals surface area contributed by atoms with Gasteiger partial charge in [0.2, 0.25) is 5.91 Å². The fourth-order valence-electron chi connectivity index (χ4n) is 3.27. The number of rotatable bonds is 5. The molecule has 0 radical (unpaired) electrons. The van der Waals surface area contributed by atoms with Crippen LogP contribution in [-0.2, 0) is 32.7 Å². The summed E-state index contributed by atoms with van der Waals surface area (Å²) in [5.41, 5.74) is -0.113. The van der Waals surface area contributed by atoms with Crippen LogP contribution in [0.2, 0.25) is 0 Å². The second-order valence-electron chi connectivity index (χ2n) is 7.02. The molecule has 1 aromatic heterocycles. The van der Waals surface area contributed by atoms with Gasteiger partial charge >= 0.3 is 12.1 Å². The van der Waals surface area contributed by atoms with E-state index in [1.807, 2.05) is 19.4 Å². The Morgan fingerprint density at radius 2 is 2.17 bits per heavy atom. The summed E-state index contributed by atoms with van der Waals surface area (Å²) < 4.78 is 45.5. The van der Waals surface area contributed by atoms with Gasteiger partial charge in [0, 0.05) is 46.0 Å². The summed E-state index contributed by atoms with van der Waals surface area (Å²) in [7, 11) is 3.63. The molecule has 3 heterocycles. The number of likely N-dealkylation sites (tertiary alicyclic amines) is 1. The number of nitrogens with one attached hydrogen (secondary N) is 1. The molecule has 12 heteroatoms. The predicted octanol–water partition coefficient (Wildman–Crippen LogP) is 0.549. The monoisotopic (exact) mass is 422 g/mol. The SMILES string of the molecule is CNC(=O)COC1COC2(CCN(Cc3nccn3C)C2)C1.O=C(O)C(F)(F)F. The van der Waals surface area contributed by atoms with E-state index in [1.165, 1.54) is 0 Å². The van der Waals surface area contributed by atoms with Crippen molar-refractivity contribution >= 4 is 11.9 Å². The molecule has 0 bridgehead atoms. The summed E-state index contributed by atoms with van der Waals surface area (Å²) in [6.07, 6.45) is 0.606. The lowest BCUT2D eigenvalue weighted by Gasteiger charge is -2.23. The molecule has 2 unspecified atom stereocenters. The van der Waals surface area contributed by atoms with Gasteiger partial charge < -0.3 is 24.5 Å². The number of carbonyl (C=O) groups excluding carboxylic acids is 1. The van der Waals surface area contributed by atoms with Crippen molar-refractivity contribution in [1.82, 2.24) is 19.8 Å². The summed E-state index contributed by atoms with van der Waals surface area (Å²) in [6, 6.07) is 0. The number of amides is 1. The average molecular weight is 422 g/mol. The lowest BCUT2D eigenvalue weighted by molar-refractivity contribution is -0.192. The highest BCUT2D eigenvalue weighted by molar-refractivity contribution is 5.76. The quantitative estimate of drug-likeness (QED) is 0.714. The van der Waals surface area contributed by atoms with Gasteiger partial charge in [-0.1, -0.05) is 0 Å². The summed E-state index contributed by atoms with van der Waals surface area (Å²) in [5.74, 6) is -1.78. The van der Waals surface area contributed by atoms with Gasteiger partial charge in [-0.3, -0.25) is 9.69 Å². The van der Waals surface area contributed by atoms with E-state index >= 15 is 0 Å². The zero-order valence-corrected chi connectivity index (χ0v) is 16.2. The van der Waals surface area contributed by atoms with Crippen molar-refractivity contribution in [3.05, 3.63) is 18.2 Å². The number of carboxylic acids is 1. The number of halogens is 3. The minimum absolute atomic E-state index is 0.0189. The number of aromatic nitrogens is 2. The molecule has 29 heavy (non-hydrogen) atoms. The van der Waals surface area contributed by atoms with Gasteiger partial charge in [0.15, 0.2) is 0 Å². The van der Waals surface area contributed by atoms with Gasteiger partial charge in [-0.2, -0.15) is 13.2 Å². The first-order valence-corrected chi connectivity index (χ1v) is 8.99. The molecule has 2 atom stereocenters. The molecule has 1 aromatic rings. The largest absolute Gasteiger partial charge is 0.490 e. The lowest BCUT2D eigenvalue weighted by atomic mass is 9.98. The third-order valence-corrected chi connectivity index (χ3v) is 4.83. The van der Waals surface area contributed by atoms with Crippen LogP contribution in [0.15, 0.2) is 12.4 Å². The number of ether oxygens (including phenoxy) is 2. The van der Waals surface area contributed by atoms with Crippen molar-refractivity contribution in [2.45, 2.75) is 37.3 Å². The van der Waals surface area contributed by atoms with Crippen molar-refractivity contribution in [1.29, 1.82) is 0 Å². The van der Waals surface area contributed by atoms with E-state index in [0.29, 0.717) is 6.61 Å². The number of hydrogen-bond acceptors (Lipinski definition) is 6. The van der Waals surface area contributed by atoms with Gasteiger partial charge in [-0.05, 0) is 6.42 Å². The smallest absolute Gasteiger partial charge is 0.475 e. The zero-order chi connectivity index (χ0) is 21.7. The van der Waals surface area contributed by atoms with E-state index in [2.05, 4.69) is 19.8 Å². The highest BCUT2D eigenvalue weighted by Crippen LogP contribution is 2.36. The normalized spacial score (nSPS) is 24.4. The lowest BCUT2D eigenvalue weighted by Crippen LogP contribution is -2.33. The van der Waals surface area contributed by atoms with Crippen molar-refractivity contribution < 1.29 is 37.3 Å². The third kappa shape index (κ3) is 6.68. The van der Waals surface area contributed by atoms with Gasteiger partial charge in [-0.15, -0.1) is 0 Å². The van der Waals surface area contributed by atoms with Crippen LogP contribution in [-0.4, -0.2) is 82.7 Å². The van der Waals surface area contributed by atoms with Crippen molar-refractivity contribution in [2.24, 2.45) is 7.05 Å². The van der Waals surface area contributed by atoms with Gasteiger partial charge in [0.05, 0.1) is 24.9 Å². The minimum Gasteiger partial charge on any atom is -0.475 e. The molecular weight excluding hydrogens is 397 g/mol. The number of hydrogen-bond donors (Lipinski definition) is 2. The molecule has 2 fully saturated rings. The van der Waals surface area contributed by atoms with Crippen LogP contribution < -0.4 is 5.32 Å². The standard InChI is InChI=1S/C15H24N4O3.C2HF3O2/c1-16-14(20)10-21-12-7-15(22-9-12)3-5-19(11-15)8-13-17-4-6-18(13)2;3-2(4,5)1(6)7/h4,6,12H,3,5,7-11H2,1-2H3,(H,16,20);(H,6,7). The first kappa shape index (κ1) is 23.1. The van der Waals surface area contributed by atoms with E-state index in [-0.39, 0.29) is 24.2 Å². The number of nitrogens with zero attached hydrogens (tertiary/aromatic N) is 3. The molecule has 2 aliphatic heterocycles. The Morgan fingerprint density at radius 3 is 2.72 bits per heavy atom. The van der Waals surface area contributed by atoms with Crippen LogP contribution >= 0.6 is 0 Å². The number of carboxylic acid groups (broad SMARTS) is 1. The van der Waals surface area contributed by atoms with Crippen molar-refractivity contribution in [3.8, 4) is 0 Å². The molecule has 0 aliphatic carbocycles. The predicted molar refractivity (Wildman–Crippen MR) is 93.9 cm³/mol. The second kappa shape index (κ2) is 9.55. The number of alkyl halides is 3. The molecule has 1 spiro atoms. The molecule has 164 valence electrons. The number of carbonyl (C=O) groups is 2. The molecule has 2 aliphatic rings. The molecular formula is C17H25F3N4O5. The number of aliphatic carboxylic acids is 1. The Bertz CT molecular complexity index is 711. The molecule has 2 saturated heterocycles. The fourth-order valence-corrected chi connectivity index (χ4v) is 3.27. The maximum Gasteiger partial charge on any atom is 0.490 e. The average Bonchev–Trinajstić information content (AvgIpc) is 3.35. The van der Waals surface area contributed by atoms with Gasteiger partial charge in [0.1, 0.15) is 12.4 Å². The van der Waals surface area contributed by atoms with Crippen LogP contribution in [0.3, 0.4) is 0 Å². The Morgan fingerprint density at radius 1 is 1.48 bits per heavy atom. The summed E-state index contributed by atoms with van der Waals surface area (Å²) >= 11 is 0. The zero-order valence-electron chi connectivity index (χ0n) is 16.2. The van der Waals surface area contributed by atoms with E-state index in [9.17, 15) is 18.0 Å². The Labute approximate surface area is 165 Å². The maximum atomic E-state index is 11.2. The molecule has 9 nitrogen and oxygen atoms in total. The summed E-state index contributed by atoms with van der Waals surface area (Å²) in [5, 5.41) is 9.69. The highest BCUT2D eigenvalue weighted by Gasteiger charge is 2.46. The van der Waals surface area contributed by atoms with Crippen LogP contribution in [0.25, 0.3) is 0 Å². The van der Waals surface area contributed by atoms with Crippen molar-refractivity contribution in [3.63, 3.8) is 0 Å². The summed E-state index contributed by atoms with van der Waals surface area (Å²) in [6.45, 7) is 3.44. The Balaban J connectivity index is 0.000000370. The van der Waals surface area contributed by atoms with Gasteiger partial charge in [0.25, 0.3) is 0 Å². The first-order valence-electron chi connectivity index (χ1n) is 8.99. The van der Waals surface area contributed by atoms with Crippen LogP contribution in [0.4, 0.5) is 13.2 Å². The Hall–Kier alpha value is -2.18. The Kier molecular flexibility index (Phi) is 7.60. The highest BCUT2D eigenvalue weighted by atomic mass is 19.4. The number of likely N-dealkylation sites (N-methyl/N-ethyl adjacent to an activating group) is 1. The second-order valence-corrected chi connectivity index (χ2v) is 7.02. The minimum atomic E-state index is -5.08. The molecule has 0 saturated carbocycles. The van der Waals surface area contributed by atoms with Crippen LogP contribution in [0.1, 0.15) is 18.7 Å².